The summed E-state index contributed by atoms with van der Waals surface area (Å²) in [6.07, 6.45) is 0.153. The molecule has 172 valence electrons. The van der Waals surface area contributed by atoms with Gasteiger partial charge in [-0.2, -0.15) is 9.78 Å². The number of hydrogen-bond donors (Lipinski definition) is 1. The van der Waals surface area contributed by atoms with Crippen LogP contribution in [-0.4, -0.2) is 40.2 Å². The van der Waals surface area contributed by atoms with Gasteiger partial charge in [0.2, 0.25) is 16.9 Å². The van der Waals surface area contributed by atoms with Gasteiger partial charge in [0.1, 0.15) is 11.6 Å². The lowest BCUT2D eigenvalue weighted by molar-refractivity contribution is -0.122. The second-order valence-electron chi connectivity index (χ2n) is 8.06. The molecule has 5 rings (SSSR count). The average molecular weight is 474 g/mol. The van der Waals surface area contributed by atoms with Gasteiger partial charge in [-0.1, -0.05) is 30.3 Å². The summed E-state index contributed by atoms with van der Waals surface area (Å²) in [6.45, 7) is 2.18. The minimum absolute atomic E-state index is 0.0811. The molecule has 1 atom stereocenters. The fourth-order valence-corrected chi connectivity index (χ4v) is 4.76. The number of aromatic nitrogens is 3. The number of carbonyl (C=O) groups excluding carboxylic acids is 2. The molecule has 1 saturated heterocycles. The zero-order chi connectivity index (χ0) is 23.7. The Balaban J connectivity index is 1.32. The lowest BCUT2D eigenvalue weighted by Crippen LogP contribution is -2.28. The van der Waals surface area contributed by atoms with Crippen molar-refractivity contribution in [2.45, 2.75) is 13.3 Å². The largest absolute Gasteiger partial charge is 0.497 e. The lowest BCUT2D eigenvalue weighted by atomic mass is 10.1. The molecular weight excluding hydrogens is 450 g/mol. The SMILES string of the molecule is COc1ccc(N2CC(C(=O)Nc3cc(C)nn3-c3nc(-c4ccccc4)cs3)CC2=O)cc1. The maximum absolute atomic E-state index is 13.1. The minimum Gasteiger partial charge on any atom is -0.497 e. The standard InChI is InChI=1S/C25H23N5O3S/c1-16-12-22(30(28-16)25-26-21(15-34-25)17-6-4-3-5-7-17)27-24(32)18-13-23(31)29(14-18)19-8-10-20(33-2)11-9-19/h3-12,15,18H,13-14H2,1-2H3,(H,27,32). The number of nitrogens with zero attached hydrogens (tertiary/aromatic N) is 4. The molecule has 0 spiro atoms. The number of anilines is 2. The van der Waals surface area contributed by atoms with Crippen molar-refractivity contribution in [3.8, 4) is 22.1 Å². The first-order chi connectivity index (χ1) is 16.5. The predicted molar refractivity (Wildman–Crippen MR) is 131 cm³/mol. The van der Waals surface area contributed by atoms with E-state index in [1.165, 1.54) is 11.3 Å². The van der Waals surface area contributed by atoms with Crippen LogP contribution in [0.3, 0.4) is 0 Å². The van der Waals surface area contributed by atoms with Crippen LogP contribution in [0.25, 0.3) is 16.4 Å². The second-order valence-corrected chi connectivity index (χ2v) is 8.89. The maximum atomic E-state index is 13.1. The van der Waals surface area contributed by atoms with E-state index in [4.69, 9.17) is 9.72 Å². The van der Waals surface area contributed by atoms with Crippen LogP contribution in [0.1, 0.15) is 12.1 Å². The number of ether oxygens (including phenoxy) is 1. The van der Waals surface area contributed by atoms with Gasteiger partial charge in [0.05, 0.1) is 24.4 Å². The molecule has 3 heterocycles. The number of aryl methyl sites for hydroxylation is 1. The Labute approximate surface area is 200 Å². The van der Waals surface area contributed by atoms with Crippen LogP contribution >= 0.6 is 11.3 Å². The van der Waals surface area contributed by atoms with E-state index in [0.717, 1.165) is 22.6 Å². The van der Waals surface area contributed by atoms with Gasteiger partial charge in [-0.25, -0.2) is 4.98 Å². The summed E-state index contributed by atoms with van der Waals surface area (Å²) in [5.74, 6) is 0.486. The number of benzene rings is 2. The molecule has 1 unspecified atom stereocenters. The van der Waals surface area contributed by atoms with Gasteiger partial charge in [-0.05, 0) is 31.2 Å². The lowest BCUT2D eigenvalue weighted by Gasteiger charge is -2.17. The highest BCUT2D eigenvalue weighted by molar-refractivity contribution is 7.12. The number of hydrogen-bond acceptors (Lipinski definition) is 6. The number of carbonyl (C=O) groups is 2. The molecule has 4 aromatic rings. The average Bonchev–Trinajstić information content (AvgIpc) is 3.58. The van der Waals surface area contributed by atoms with Gasteiger partial charge in [-0.3, -0.25) is 9.59 Å². The Morgan fingerprint density at radius 3 is 2.65 bits per heavy atom. The zero-order valence-corrected chi connectivity index (χ0v) is 19.6. The van der Waals surface area contributed by atoms with Crippen LogP contribution in [-0.2, 0) is 9.59 Å². The Morgan fingerprint density at radius 2 is 1.91 bits per heavy atom. The molecule has 1 aliphatic rings. The molecule has 9 heteroatoms. The highest BCUT2D eigenvalue weighted by atomic mass is 32.1. The molecule has 0 saturated carbocycles. The van der Waals surface area contributed by atoms with E-state index in [2.05, 4.69) is 10.4 Å². The minimum atomic E-state index is -0.463. The Kier molecular flexibility index (Phi) is 5.85. The summed E-state index contributed by atoms with van der Waals surface area (Å²) in [7, 11) is 1.59. The van der Waals surface area contributed by atoms with Crippen LogP contribution in [0.5, 0.6) is 5.75 Å². The van der Waals surface area contributed by atoms with E-state index in [0.29, 0.717) is 23.2 Å². The van der Waals surface area contributed by atoms with E-state index in [1.54, 1.807) is 34.9 Å². The molecule has 8 nitrogen and oxygen atoms in total. The Morgan fingerprint density at radius 1 is 1.15 bits per heavy atom. The summed E-state index contributed by atoms with van der Waals surface area (Å²) in [5.41, 5.74) is 3.37. The van der Waals surface area contributed by atoms with Gasteiger partial charge in [0.25, 0.3) is 0 Å². The second kappa shape index (κ2) is 9.11. The fourth-order valence-electron chi connectivity index (χ4n) is 3.96. The molecule has 0 radical (unpaired) electrons. The van der Waals surface area contributed by atoms with Crippen LogP contribution in [0.2, 0.25) is 0 Å². The molecule has 1 aliphatic heterocycles. The highest BCUT2D eigenvalue weighted by Crippen LogP contribution is 2.29. The van der Waals surface area contributed by atoms with Crippen LogP contribution in [0, 0.1) is 12.8 Å². The van der Waals surface area contributed by atoms with Crippen molar-refractivity contribution >= 4 is 34.7 Å². The van der Waals surface area contributed by atoms with Gasteiger partial charge < -0.3 is 15.0 Å². The molecule has 34 heavy (non-hydrogen) atoms. The maximum Gasteiger partial charge on any atom is 0.230 e. The van der Waals surface area contributed by atoms with Crippen LogP contribution in [0.4, 0.5) is 11.5 Å². The quantitative estimate of drug-likeness (QED) is 0.451. The molecule has 2 aromatic heterocycles. The van der Waals surface area contributed by atoms with Crippen molar-refractivity contribution < 1.29 is 14.3 Å². The van der Waals surface area contributed by atoms with Crippen LogP contribution < -0.4 is 15.0 Å². The smallest absolute Gasteiger partial charge is 0.230 e. The van der Waals surface area contributed by atoms with Crippen molar-refractivity contribution in [1.29, 1.82) is 0 Å². The number of rotatable bonds is 6. The molecule has 0 bridgehead atoms. The third kappa shape index (κ3) is 4.29. The van der Waals surface area contributed by atoms with Crippen molar-refractivity contribution in [2.75, 3.05) is 23.9 Å². The van der Waals surface area contributed by atoms with Crippen molar-refractivity contribution in [3.63, 3.8) is 0 Å². The molecule has 2 aromatic carbocycles. The van der Waals surface area contributed by atoms with E-state index >= 15 is 0 Å². The number of thiazole rings is 1. The Bertz CT molecular complexity index is 1330. The first-order valence-electron chi connectivity index (χ1n) is 10.8. The van der Waals surface area contributed by atoms with E-state index in [9.17, 15) is 9.59 Å². The zero-order valence-electron chi connectivity index (χ0n) is 18.8. The predicted octanol–water partition coefficient (Wildman–Crippen LogP) is 4.30. The van der Waals surface area contributed by atoms with E-state index < -0.39 is 5.92 Å². The summed E-state index contributed by atoms with van der Waals surface area (Å²) in [6, 6.07) is 19.0. The first-order valence-corrected chi connectivity index (χ1v) is 11.7. The Hall–Kier alpha value is -3.98. The number of methoxy groups -OCH3 is 1. The third-order valence-corrected chi connectivity index (χ3v) is 6.52. The molecule has 1 fully saturated rings. The summed E-state index contributed by atoms with van der Waals surface area (Å²) in [4.78, 5) is 32.0. The summed E-state index contributed by atoms with van der Waals surface area (Å²) < 4.78 is 6.82. The fraction of sp³-hybridized carbons (Fsp3) is 0.200. The van der Waals surface area contributed by atoms with Crippen LogP contribution in [0.15, 0.2) is 66.0 Å². The first kappa shape index (κ1) is 21.8. The van der Waals surface area contributed by atoms with Gasteiger partial charge >= 0.3 is 0 Å². The summed E-state index contributed by atoms with van der Waals surface area (Å²) >= 11 is 1.45. The number of nitrogens with one attached hydrogen (secondary N) is 1. The highest BCUT2D eigenvalue weighted by Gasteiger charge is 2.35. The molecule has 1 N–H and O–H groups in total. The van der Waals surface area contributed by atoms with Gasteiger partial charge in [0, 0.05) is 35.7 Å². The van der Waals surface area contributed by atoms with Crippen molar-refractivity contribution in [1.82, 2.24) is 14.8 Å². The van der Waals surface area contributed by atoms with Crippen molar-refractivity contribution in [3.05, 3.63) is 71.7 Å². The number of amides is 2. The van der Waals surface area contributed by atoms with Crippen molar-refractivity contribution in [2.24, 2.45) is 5.92 Å². The van der Waals surface area contributed by atoms with Gasteiger partial charge in [0.15, 0.2) is 0 Å². The normalized spacial score (nSPS) is 15.5. The molecule has 0 aliphatic carbocycles. The van der Waals surface area contributed by atoms with E-state index in [1.807, 2.05) is 54.8 Å². The van der Waals surface area contributed by atoms with E-state index in [-0.39, 0.29) is 18.2 Å². The summed E-state index contributed by atoms with van der Waals surface area (Å²) in [5, 5.41) is 10.1. The topological polar surface area (TPSA) is 89.3 Å². The monoisotopic (exact) mass is 473 g/mol. The van der Waals surface area contributed by atoms with Gasteiger partial charge in [-0.15, -0.1) is 11.3 Å². The molecule has 2 amide bonds. The molecular formula is C25H23N5O3S. The third-order valence-electron chi connectivity index (χ3n) is 5.71.